The van der Waals surface area contributed by atoms with Crippen molar-refractivity contribution < 1.29 is 42.5 Å². The molecular weight excluding hydrogens is 659 g/mol. The van der Waals surface area contributed by atoms with Crippen LogP contribution in [0.15, 0.2) is 79.1 Å². The van der Waals surface area contributed by atoms with Gasteiger partial charge < -0.3 is 28.1 Å². The number of halogens is 1. The molecule has 5 rings (SSSR count). The molecule has 0 radical (unpaired) electrons. The molecule has 0 unspecified atom stereocenters. The summed E-state index contributed by atoms with van der Waals surface area (Å²) in [6, 6.07) is 18.7. The van der Waals surface area contributed by atoms with Gasteiger partial charge in [-0.05, 0) is 75.2 Å². The van der Waals surface area contributed by atoms with Crippen LogP contribution < -0.4 is 9.64 Å². The Morgan fingerprint density at radius 2 is 1.51 bits per heavy atom. The summed E-state index contributed by atoms with van der Waals surface area (Å²) >= 11 is 0. The number of carbonyl (C=O) groups is 3. The molecule has 1 amide bonds. The predicted molar refractivity (Wildman–Crippen MR) is 188 cm³/mol. The number of aryl methyl sites for hydroxylation is 1. The van der Waals surface area contributed by atoms with Crippen molar-refractivity contribution in [1.82, 2.24) is 14.4 Å². The van der Waals surface area contributed by atoms with E-state index < -0.39 is 29.6 Å². The van der Waals surface area contributed by atoms with Gasteiger partial charge in [0.1, 0.15) is 29.4 Å². The standard InChI is InChI=1S/C38H39FN4O8/c1-24-7-15-32-40-31(23-42(32)22-24)26-10-8-25(9-11-26)28-14-16-33(41-34(28)39)43(37(46)51-38(2,3)4)17-18-49-19-20-50-27-12-13-29(35(44)47-5)30(21-27)36(45)48-6/h7-16,21-23H,17-20H2,1-6H3. The van der Waals surface area contributed by atoms with Gasteiger partial charge in [0.05, 0.1) is 50.8 Å². The summed E-state index contributed by atoms with van der Waals surface area (Å²) in [7, 11) is 2.41. The molecule has 13 heteroatoms. The molecule has 51 heavy (non-hydrogen) atoms. The van der Waals surface area contributed by atoms with Crippen molar-refractivity contribution in [2.75, 3.05) is 45.5 Å². The summed E-state index contributed by atoms with van der Waals surface area (Å²) in [6.07, 6.45) is 3.24. The van der Waals surface area contributed by atoms with E-state index in [0.29, 0.717) is 11.3 Å². The number of methoxy groups -OCH3 is 2. The van der Waals surface area contributed by atoms with Crippen LogP contribution in [0.25, 0.3) is 28.0 Å². The molecule has 12 nitrogen and oxygen atoms in total. The van der Waals surface area contributed by atoms with Crippen LogP contribution in [0.4, 0.5) is 15.0 Å². The number of esters is 2. The largest absolute Gasteiger partial charge is 0.491 e. The second kappa shape index (κ2) is 15.8. The van der Waals surface area contributed by atoms with Crippen LogP contribution in [-0.4, -0.2) is 78.6 Å². The van der Waals surface area contributed by atoms with Crippen LogP contribution in [0, 0.1) is 12.9 Å². The molecule has 3 heterocycles. The fourth-order valence-corrected chi connectivity index (χ4v) is 5.13. The van der Waals surface area contributed by atoms with Crippen LogP contribution in [0.3, 0.4) is 0 Å². The third-order valence-corrected chi connectivity index (χ3v) is 7.57. The smallest absolute Gasteiger partial charge is 0.416 e. The number of benzene rings is 2. The maximum atomic E-state index is 15.5. The average molecular weight is 699 g/mol. The number of carbonyl (C=O) groups excluding carboxylic acids is 3. The van der Waals surface area contributed by atoms with Gasteiger partial charge in [0.2, 0.25) is 5.95 Å². The van der Waals surface area contributed by atoms with E-state index in [9.17, 15) is 14.4 Å². The lowest BCUT2D eigenvalue weighted by molar-refractivity contribution is 0.0547. The molecule has 0 fully saturated rings. The molecule has 0 aliphatic heterocycles. The first kappa shape index (κ1) is 36.5. The van der Waals surface area contributed by atoms with Crippen molar-refractivity contribution in [2.45, 2.75) is 33.3 Å². The lowest BCUT2D eigenvalue weighted by Gasteiger charge is -2.27. The Hall–Kier alpha value is -5.82. The molecule has 266 valence electrons. The Labute approximate surface area is 294 Å². The second-order valence-corrected chi connectivity index (χ2v) is 12.5. The van der Waals surface area contributed by atoms with Gasteiger partial charge in [-0.15, -0.1) is 0 Å². The number of hydrogen-bond donors (Lipinski definition) is 0. The van der Waals surface area contributed by atoms with Gasteiger partial charge in [-0.25, -0.2) is 24.4 Å². The van der Waals surface area contributed by atoms with Crippen LogP contribution in [0.2, 0.25) is 0 Å². The van der Waals surface area contributed by atoms with E-state index in [0.717, 1.165) is 22.5 Å². The highest BCUT2D eigenvalue weighted by atomic mass is 19.1. The number of imidazole rings is 1. The number of amides is 1. The van der Waals surface area contributed by atoms with Gasteiger partial charge in [0.25, 0.3) is 0 Å². The highest BCUT2D eigenvalue weighted by molar-refractivity contribution is 6.03. The first-order valence-electron chi connectivity index (χ1n) is 16.1. The third-order valence-electron chi connectivity index (χ3n) is 7.57. The molecule has 0 N–H and O–H groups in total. The van der Waals surface area contributed by atoms with E-state index in [-0.39, 0.29) is 48.9 Å². The number of aromatic nitrogens is 3. The van der Waals surface area contributed by atoms with Crippen LogP contribution in [0.5, 0.6) is 5.75 Å². The third kappa shape index (κ3) is 9.05. The van der Waals surface area contributed by atoms with Crippen LogP contribution >= 0.6 is 0 Å². The van der Waals surface area contributed by atoms with Gasteiger partial charge in [-0.2, -0.15) is 4.39 Å². The molecule has 0 atom stereocenters. The SMILES string of the molecule is COC(=O)c1ccc(OCCOCCN(C(=O)OC(C)(C)C)c2ccc(-c3ccc(-c4cn5cc(C)ccc5n4)cc3)c(F)n2)cc1C(=O)OC. The number of hydrogen-bond acceptors (Lipinski definition) is 10. The highest BCUT2D eigenvalue weighted by Crippen LogP contribution is 2.28. The summed E-state index contributed by atoms with van der Waals surface area (Å²) in [5, 5.41) is 0. The van der Waals surface area contributed by atoms with E-state index in [1.54, 1.807) is 45.0 Å². The quantitative estimate of drug-likeness (QED) is 0.0586. The van der Waals surface area contributed by atoms with Crippen molar-refractivity contribution >= 4 is 29.5 Å². The zero-order valence-corrected chi connectivity index (χ0v) is 29.3. The fourth-order valence-electron chi connectivity index (χ4n) is 5.13. The number of fused-ring (bicyclic) bond motifs is 1. The summed E-state index contributed by atoms with van der Waals surface area (Å²) in [5.41, 5.74) is 3.74. The van der Waals surface area contributed by atoms with Gasteiger partial charge in [-0.1, -0.05) is 30.3 Å². The molecular formula is C38H39FN4O8. The number of ether oxygens (including phenoxy) is 5. The Morgan fingerprint density at radius 3 is 2.20 bits per heavy atom. The van der Waals surface area contributed by atoms with E-state index >= 15 is 4.39 Å². The summed E-state index contributed by atoms with van der Waals surface area (Å²) in [5.74, 6) is -1.79. The molecule has 2 aromatic carbocycles. The average Bonchev–Trinajstić information content (AvgIpc) is 3.53. The number of pyridine rings is 2. The molecule has 0 aliphatic carbocycles. The van der Waals surface area contributed by atoms with Gasteiger partial charge in [-0.3, -0.25) is 4.90 Å². The first-order valence-corrected chi connectivity index (χ1v) is 16.1. The molecule has 3 aromatic heterocycles. The number of rotatable bonds is 12. The van der Waals surface area contributed by atoms with Crippen molar-refractivity contribution in [3.05, 3.63) is 102 Å². The zero-order valence-electron chi connectivity index (χ0n) is 29.3. The van der Waals surface area contributed by atoms with Crippen molar-refractivity contribution in [1.29, 1.82) is 0 Å². The van der Waals surface area contributed by atoms with E-state index in [2.05, 4.69) is 9.97 Å². The summed E-state index contributed by atoms with van der Waals surface area (Å²) < 4.78 is 43.9. The molecule has 5 aromatic rings. The molecule has 0 aliphatic rings. The molecule has 0 spiro atoms. The minimum absolute atomic E-state index is 0.00297. The van der Waals surface area contributed by atoms with Gasteiger partial charge in [0, 0.05) is 23.5 Å². The van der Waals surface area contributed by atoms with E-state index in [1.807, 2.05) is 48.0 Å². The topological polar surface area (TPSA) is 131 Å². The van der Waals surface area contributed by atoms with Gasteiger partial charge in [0.15, 0.2) is 0 Å². The Balaban J connectivity index is 1.23. The molecule has 0 saturated carbocycles. The van der Waals surface area contributed by atoms with Crippen molar-refractivity contribution in [3.63, 3.8) is 0 Å². The van der Waals surface area contributed by atoms with Crippen LogP contribution in [-0.2, 0) is 18.9 Å². The lowest BCUT2D eigenvalue weighted by atomic mass is 10.0. The van der Waals surface area contributed by atoms with E-state index in [1.165, 1.54) is 37.3 Å². The monoisotopic (exact) mass is 698 g/mol. The Morgan fingerprint density at radius 1 is 0.804 bits per heavy atom. The minimum atomic E-state index is -0.809. The Kier molecular flexibility index (Phi) is 11.3. The predicted octanol–water partition coefficient (Wildman–Crippen LogP) is 6.92. The summed E-state index contributed by atoms with van der Waals surface area (Å²) in [4.78, 5) is 47.4. The first-order chi connectivity index (χ1) is 24.4. The second-order valence-electron chi connectivity index (χ2n) is 12.5. The van der Waals surface area contributed by atoms with Crippen molar-refractivity contribution in [3.8, 4) is 28.1 Å². The van der Waals surface area contributed by atoms with Gasteiger partial charge >= 0.3 is 18.0 Å². The van der Waals surface area contributed by atoms with Crippen molar-refractivity contribution in [2.24, 2.45) is 0 Å². The molecule has 0 saturated heterocycles. The summed E-state index contributed by atoms with van der Waals surface area (Å²) in [6.45, 7) is 7.46. The number of nitrogens with zero attached hydrogens (tertiary/aromatic N) is 4. The Bertz CT molecular complexity index is 2040. The maximum absolute atomic E-state index is 15.5. The maximum Gasteiger partial charge on any atom is 0.416 e. The molecule has 0 bridgehead atoms. The zero-order chi connectivity index (χ0) is 36.7. The highest BCUT2D eigenvalue weighted by Gasteiger charge is 2.25. The number of anilines is 1. The normalized spacial score (nSPS) is 11.3. The van der Waals surface area contributed by atoms with Crippen LogP contribution in [0.1, 0.15) is 47.1 Å². The lowest BCUT2D eigenvalue weighted by Crippen LogP contribution is -2.39. The minimum Gasteiger partial charge on any atom is -0.491 e. The van der Waals surface area contributed by atoms with E-state index in [4.69, 9.17) is 23.7 Å². The fraction of sp³-hybridized carbons (Fsp3) is 0.289.